The van der Waals surface area contributed by atoms with Gasteiger partial charge in [0.05, 0.1) is 17.9 Å². The highest BCUT2D eigenvalue weighted by Crippen LogP contribution is 2.48. The molecule has 5 nitrogen and oxygen atoms in total. The number of piperidine rings is 2. The predicted octanol–water partition coefficient (Wildman–Crippen LogP) is 3.48. The molecule has 1 aromatic carbocycles. The van der Waals surface area contributed by atoms with E-state index in [1.807, 2.05) is 6.07 Å². The van der Waals surface area contributed by atoms with Gasteiger partial charge in [0.1, 0.15) is 0 Å². The standard InChI is InChI=1S/C23H30N4O/c1-17-21(25-16-24-17)14-26-11-9-23(10-12-26)13-20(18-5-3-2-4-6-18)22(28)27(15-23)19-7-8-19/h2-6,16,19-20H,7-15H2,1H3,(H,24,25)/t20-/m1/s1. The molecule has 3 fully saturated rings. The van der Waals surface area contributed by atoms with E-state index in [9.17, 15) is 4.79 Å². The second-order valence-electron chi connectivity index (χ2n) is 9.12. The van der Waals surface area contributed by atoms with Gasteiger partial charge in [0.2, 0.25) is 5.91 Å². The quantitative estimate of drug-likeness (QED) is 0.886. The SMILES string of the molecule is Cc1[nH]cnc1CN1CCC2(CC1)C[C@H](c1ccccc1)C(=O)N(C1CC1)C2. The van der Waals surface area contributed by atoms with Crippen LogP contribution in [-0.4, -0.2) is 51.4 Å². The predicted molar refractivity (Wildman–Crippen MR) is 109 cm³/mol. The third kappa shape index (κ3) is 3.37. The van der Waals surface area contributed by atoms with Crippen LogP contribution < -0.4 is 0 Å². The number of carbonyl (C=O) groups is 1. The molecule has 3 heterocycles. The zero-order valence-corrected chi connectivity index (χ0v) is 16.7. The average Bonchev–Trinajstić information content (AvgIpc) is 3.49. The van der Waals surface area contributed by atoms with E-state index in [1.54, 1.807) is 6.33 Å². The number of nitrogens with zero attached hydrogens (tertiary/aromatic N) is 3. The monoisotopic (exact) mass is 378 g/mol. The zero-order chi connectivity index (χ0) is 19.1. The minimum Gasteiger partial charge on any atom is -0.348 e. The number of amides is 1. The second kappa shape index (κ2) is 7.03. The van der Waals surface area contributed by atoms with E-state index in [-0.39, 0.29) is 11.3 Å². The fourth-order valence-electron chi connectivity index (χ4n) is 5.17. The maximum atomic E-state index is 13.3. The highest BCUT2D eigenvalue weighted by atomic mass is 16.2. The number of carbonyl (C=O) groups excluding carboxylic acids is 1. The van der Waals surface area contributed by atoms with E-state index in [2.05, 4.69) is 51.0 Å². The maximum absolute atomic E-state index is 13.3. The number of likely N-dealkylation sites (tertiary alicyclic amines) is 2. The van der Waals surface area contributed by atoms with Crippen molar-refractivity contribution in [1.29, 1.82) is 0 Å². The summed E-state index contributed by atoms with van der Waals surface area (Å²) in [5.74, 6) is 0.407. The number of aryl methyl sites for hydroxylation is 1. The molecule has 2 aliphatic heterocycles. The van der Waals surface area contributed by atoms with Crippen LogP contribution in [0.1, 0.15) is 55.0 Å². The van der Waals surface area contributed by atoms with Gasteiger partial charge >= 0.3 is 0 Å². The summed E-state index contributed by atoms with van der Waals surface area (Å²) in [6, 6.07) is 11.0. The molecular formula is C23H30N4O. The first-order chi connectivity index (χ1) is 13.6. The van der Waals surface area contributed by atoms with Gasteiger partial charge in [-0.15, -0.1) is 0 Å². The van der Waals surface area contributed by atoms with Gasteiger partial charge in [0.25, 0.3) is 0 Å². The molecule has 5 heteroatoms. The summed E-state index contributed by atoms with van der Waals surface area (Å²) in [6.45, 7) is 6.19. The molecule has 0 bridgehead atoms. The van der Waals surface area contributed by atoms with Crippen LogP contribution in [0.3, 0.4) is 0 Å². The Labute approximate surface area is 167 Å². The Bertz CT molecular complexity index is 833. The first-order valence-corrected chi connectivity index (χ1v) is 10.7. The van der Waals surface area contributed by atoms with Gasteiger partial charge in [-0.25, -0.2) is 4.98 Å². The van der Waals surface area contributed by atoms with Crippen LogP contribution in [0.15, 0.2) is 36.7 Å². The molecule has 1 saturated carbocycles. The fraction of sp³-hybridized carbons (Fsp3) is 0.565. The highest BCUT2D eigenvalue weighted by Gasteiger charge is 2.49. The van der Waals surface area contributed by atoms with Crippen LogP contribution >= 0.6 is 0 Å². The minimum absolute atomic E-state index is 0.0377. The lowest BCUT2D eigenvalue weighted by atomic mass is 9.67. The second-order valence-corrected chi connectivity index (χ2v) is 9.12. The highest BCUT2D eigenvalue weighted by molar-refractivity contribution is 5.85. The smallest absolute Gasteiger partial charge is 0.230 e. The number of hydrogen-bond donors (Lipinski definition) is 1. The summed E-state index contributed by atoms with van der Waals surface area (Å²) in [4.78, 5) is 25.7. The van der Waals surface area contributed by atoms with E-state index in [1.165, 1.54) is 36.9 Å². The lowest BCUT2D eigenvalue weighted by Crippen LogP contribution is -2.54. The number of aromatic nitrogens is 2. The Kier molecular flexibility index (Phi) is 4.50. The Morgan fingerprint density at radius 3 is 2.57 bits per heavy atom. The van der Waals surface area contributed by atoms with Crippen LogP contribution in [0.2, 0.25) is 0 Å². The largest absolute Gasteiger partial charge is 0.348 e. The number of rotatable bonds is 4. The molecule has 0 radical (unpaired) electrons. The molecule has 148 valence electrons. The molecule has 1 amide bonds. The van der Waals surface area contributed by atoms with Gasteiger partial charge in [-0.1, -0.05) is 30.3 Å². The normalized spacial score (nSPS) is 25.4. The number of aromatic amines is 1. The van der Waals surface area contributed by atoms with Crippen LogP contribution in [0.25, 0.3) is 0 Å². The van der Waals surface area contributed by atoms with Gasteiger partial charge in [-0.2, -0.15) is 0 Å². The molecule has 1 aromatic heterocycles. The Hall–Kier alpha value is -2.14. The first kappa shape index (κ1) is 17.9. The number of nitrogens with one attached hydrogen (secondary N) is 1. The van der Waals surface area contributed by atoms with Crippen molar-refractivity contribution in [2.75, 3.05) is 19.6 Å². The number of hydrogen-bond acceptors (Lipinski definition) is 3. The van der Waals surface area contributed by atoms with Crippen molar-refractivity contribution < 1.29 is 4.79 Å². The molecule has 1 spiro atoms. The Morgan fingerprint density at radius 2 is 1.93 bits per heavy atom. The molecule has 2 aromatic rings. The van der Waals surface area contributed by atoms with Gasteiger partial charge in [-0.05, 0) is 63.1 Å². The summed E-state index contributed by atoms with van der Waals surface area (Å²) in [6.07, 6.45) is 7.53. The van der Waals surface area contributed by atoms with Gasteiger partial charge in [-0.3, -0.25) is 9.69 Å². The van der Waals surface area contributed by atoms with Crippen molar-refractivity contribution in [1.82, 2.24) is 19.8 Å². The zero-order valence-electron chi connectivity index (χ0n) is 16.7. The van der Waals surface area contributed by atoms with Crippen molar-refractivity contribution in [2.24, 2.45) is 5.41 Å². The van der Waals surface area contributed by atoms with Crippen molar-refractivity contribution in [3.8, 4) is 0 Å². The van der Waals surface area contributed by atoms with E-state index < -0.39 is 0 Å². The molecule has 1 aliphatic carbocycles. The topological polar surface area (TPSA) is 52.2 Å². The maximum Gasteiger partial charge on any atom is 0.230 e. The van der Waals surface area contributed by atoms with E-state index in [4.69, 9.17) is 0 Å². The molecule has 0 unspecified atom stereocenters. The summed E-state index contributed by atoms with van der Waals surface area (Å²) < 4.78 is 0. The molecule has 2 saturated heterocycles. The third-order valence-corrected chi connectivity index (χ3v) is 7.14. The number of H-pyrrole nitrogens is 1. The number of benzene rings is 1. The lowest BCUT2D eigenvalue weighted by Gasteiger charge is -2.50. The fourth-order valence-corrected chi connectivity index (χ4v) is 5.17. The van der Waals surface area contributed by atoms with Gasteiger partial charge in [0, 0.05) is 24.8 Å². The Morgan fingerprint density at radius 1 is 1.18 bits per heavy atom. The molecular weight excluding hydrogens is 348 g/mol. The minimum atomic E-state index is 0.0377. The van der Waals surface area contributed by atoms with Crippen LogP contribution in [0.4, 0.5) is 0 Å². The lowest BCUT2D eigenvalue weighted by molar-refractivity contribution is -0.142. The van der Waals surface area contributed by atoms with Gasteiger partial charge in [0.15, 0.2) is 0 Å². The Balaban J connectivity index is 1.33. The summed E-state index contributed by atoms with van der Waals surface area (Å²) >= 11 is 0. The van der Waals surface area contributed by atoms with Crippen molar-refractivity contribution in [3.63, 3.8) is 0 Å². The summed E-state index contributed by atoms with van der Waals surface area (Å²) in [7, 11) is 0. The van der Waals surface area contributed by atoms with Crippen molar-refractivity contribution >= 4 is 5.91 Å². The molecule has 3 aliphatic rings. The molecule has 5 rings (SSSR count). The summed E-state index contributed by atoms with van der Waals surface area (Å²) in [5.41, 5.74) is 3.81. The summed E-state index contributed by atoms with van der Waals surface area (Å²) in [5, 5.41) is 0. The van der Waals surface area contributed by atoms with E-state index in [0.717, 1.165) is 38.3 Å². The van der Waals surface area contributed by atoms with Gasteiger partial charge < -0.3 is 9.88 Å². The van der Waals surface area contributed by atoms with E-state index in [0.29, 0.717) is 11.9 Å². The van der Waals surface area contributed by atoms with Crippen LogP contribution in [0.5, 0.6) is 0 Å². The molecule has 28 heavy (non-hydrogen) atoms. The van der Waals surface area contributed by atoms with Crippen LogP contribution in [-0.2, 0) is 11.3 Å². The third-order valence-electron chi connectivity index (χ3n) is 7.14. The van der Waals surface area contributed by atoms with Crippen molar-refractivity contribution in [2.45, 2.75) is 57.5 Å². The van der Waals surface area contributed by atoms with Crippen molar-refractivity contribution in [3.05, 3.63) is 53.6 Å². The number of imidazole rings is 1. The first-order valence-electron chi connectivity index (χ1n) is 10.7. The average molecular weight is 379 g/mol. The van der Waals surface area contributed by atoms with E-state index >= 15 is 0 Å². The molecule has 1 N–H and O–H groups in total. The van der Waals surface area contributed by atoms with Crippen LogP contribution in [0, 0.1) is 12.3 Å². The molecule has 1 atom stereocenters.